The number of benzene rings is 1. The Kier molecular flexibility index (Phi) is 5.68. The molecule has 0 saturated heterocycles. The Morgan fingerprint density at radius 2 is 2.17 bits per heavy atom. The maximum absolute atomic E-state index is 12.5. The van der Waals surface area contributed by atoms with E-state index >= 15 is 0 Å². The van der Waals surface area contributed by atoms with Crippen LogP contribution in [0.5, 0.6) is 0 Å². The van der Waals surface area contributed by atoms with Gasteiger partial charge in [-0.3, -0.25) is 14.2 Å². The Balaban J connectivity index is 1.70. The van der Waals surface area contributed by atoms with Crippen LogP contribution in [-0.2, 0) is 17.8 Å². The lowest BCUT2D eigenvalue weighted by Crippen LogP contribution is -2.25. The molecular formula is C16H16BrN3O2S2. The van der Waals surface area contributed by atoms with Crippen LogP contribution < -0.4 is 10.9 Å². The highest BCUT2D eigenvalue weighted by Crippen LogP contribution is 2.28. The summed E-state index contributed by atoms with van der Waals surface area (Å²) in [5, 5.41) is 3.46. The second-order valence-corrected chi connectivity index (χ2v) is 8.13. The number of thioether (sulfide) groups is 2. The summed E-state index contributed by atoms with van der Waals surface area (Å²) in [5.74, 6) is 1.00. The zero-order valence-electron chi connectivity index (χ0n) is 13.0. The van der Waals surface area contributed by atoms with Crippen LogP contribution in [0.4, 0.5) is 5.69 Å². The molecule has 1 aromatic carbocycles. The molecular weight excluding hydrogens is 410 g/mol. The summed E-state index contributed by atoms with van der Waals surface area (Å²) in [6, 6.07) is 7.41. The van der Waals surface area contributed by atoms with Crippen molar-refractivity contribution in [1.82, 2.24) is 9.55 Å². The number of aryl methyl sites for hydroxylation is 1. The molecule has 5 nitrogen and oxygen atoms in total. The van der Waals surface area contributed by atoms with Crippen LogP contribution in [-0.4, -0.2) is 27.0 Å². The number of rotatable bonds is 5. The van der Waals surface area contributed by atoms with Crippen LogP contribution in [0.25, 0.3) is 0 Å². The highest BCUT2D eigenvalue weighted by molar-refractivity contribution is 9.10. The summed E-state index contributed by atoms with van der Waals surface area (Å²) in [7, 11) is 0. The van der Waals surface area contributed by atoms with Crippen molar-refractivity contribution in [1.29, 1.82) is 0 Å². The smallest absolute Gasteiger partial charge is 0.268 e. The molecule has 2 aromatic rings. The first kappa shape index (κ1) is 17.6. The van der Waals surface area contributed by atoms with Crippen molar-refractivity contribution in [3.05, 3.63) is 44.8 Å². The third-order valence-electron chi connectivity index (χ3n) is 3.52. The molecule has 1 aromatic heterocycles. The van der Waals surface area contributed by atoms with Crippen LogP contribution >= 0.6 is 39.5 Å². The third-order valence-corrected chi connectivity index (χ3v) is 6.14. The summed E-state index contributed by atoms with van der Waals surface area (Å²) >= 11 is 6.24. The molecule has 24 heavy (non-hydrogen) atoms. The zero-order chi connectivity index (χ0) is 17.1. The summed E-state index contributed by atoms with van der Waals surface area (Å²) in [6.45, 7) is 2.47. The molecule has 1 aliphatic rings. The Morgan fingerprint density at radius 1 is 1.42 bits per heavy atom. The number of hydrogen-bond donors (Lipinski definition) is 1. The fourth-order valence-corrected chi connectivity index (χ4v) is 4.56. The van der Waals surface area contributed by atoms with Crippen LogP contribution in [0.2, 0.25) is 0 Å². The molecule has 0 fully saturated rings. The Hall–Kier alpha value is -1.25. The highest BCUT2D eigenvalue weighted by Gasteiger charge is 2.21. The molecule has 0 bridgehead atoms. The van der Waals surface area contributed by atoms with Crippen molar-refractivity contribution >= 4 is 51.0 Å². The van der Waals surface area contributed by atoms with E-state index in [2.05, 4.69) is 26.2 Å². The molecule has 1 aliphatic heterocycles. The Morgan fingerprint density at radius 3 is 2.88 bits per heavy atom. The minimum Gasteiger partial charge on any atom is -0.325 e. The lowest BCUT2D eigenvalue weighted by molar-refractivity contribution is -0.113. The normalized spacial score (nSPS) is 12.9. The average Bonchev–Trinajstić information content (AvgIpc) is 3.04. The molecule has 0 saturated carbocycles. The minimum atomic E-state index is -0.117. The summed E-state index contributed by atoms with van der Waals surface area (Å²) in [6.07, 6.45) is 0.818. The molecule has 126 valence electrons. The van der Waals surface area contributed by atoms with E-state index < -0.39 is 0 Å². The summed E-state index contributed by atoms with van der Waals surface area (Å²) < 4.78 is 2.61. The lowest BCUT2D eigenvalue weighted by atomic mass is 10.3. The second kappa shape index (κ2) is 7.76. The van der Waals surface area contributed by atoms with E-state index in [0.717, 1.165) is 32.9 Å². The molecule has 0 atom stereocenters. The molecule has 1 amide bonds. The summed E-state index contributed by atoms with van der Waals surface area (Å²) in [5.41, 5.74) is 1.63. The van der Waals surface area contributed by atoms with Gasteiger partial charge in [0.2, 0.25) is 5.91 Å². The second-order valence-electron chi connectivity index (χ2n) is 5.16. The Bertz CT molecular complexity index is 821. The molecule has 1 N–H and O–H groups in total. The predicted octanol–water partition coefficient (Wildman–Crippen LogP) is 3.40. The van der Waals surface area contributed by atoms with Gasteiger partial charge in [-0.1, -0.05) is 27.7 Å². The van der Waals surface area contributed by atoms with Crippen molar-refractivity contribution < 1.29 is 4.79 Å². The molecule has 0 unspecified atom stereocenters. The molecule has 0 spiro atoms. The van der Waals surface area contributed by atoms with Crippen LogP contribution in [0, 0.1) is 0 Å². The van der Waals surface area contributed by atoms with Gasteiger partial charge >= 0.3 is 0 Å². The molecule has 0 aliphatic carbocycles. The van der Waals surface area contributed by atoms with Crippen LogP contribution in [0.1, 0.15) is 12.6 Å². The fraction of sp³-hybridized carbons (Fsp3) is 0.312. The number of nitrogens with one attached hydrogen (secondary N) is 1. The van der Waals surface area contributed by atoms with Crippen molar-refractivity contribution in [3.8, 4) is 0 Å². The number of anilines is 1. The van der Waals surface area contributed by atoms with E-state index in [1.807, 2.05) is 31.2 Å². The minimum absolute atomic E-state index is 0.0146. The molecule has 8 heteroatoms. The van der Waals surface area contributed by atoms with Gasteiger partial charge in [0.25, 0.3) is 5.56 Å². The molecule has 2 heterocycles. The van der Waals surface area contributed by atoms with E-state index in [0.29, 0.717) is 11.7 Å². The monoisotopic (exact) mass is 425 g/mol. The lowest BCUT2D eigenvalue weighted by Gasteiger charge is -2.11. The number of aromatic nitrogens is 2. The fourth-order valence-electron chi connectivity index (χ4n) is 2.37. The van der Waals surface area contributed by atoms with E-state index in [9.17, 15) is 9.59 Å². The number of hydrogen-bond acceptors (Lipinski definition) is 5. The van der Waals surface area contributed by atoms with Gasteiger partial charge < -0.3 is 5.32 Å². The van der Waals surface area contributed by atoms with Crippen molar-refractivity contribution in [2.45, 2.75) is 29.9 Å². The molecule has 0 radical (unpaired) electrons. The number of nitrogens with zero attached hydrogens (tertiary/aromatic N) is 2. The van der Waals surface area contributed by atoms with E-state index in [1.165, 1.54) is 11.8 Å². The van der Waals surface area contributed by atoms with Crippen molar-refractivity contribution in [2.24, 2.45) is 0 Å². The van der Waals surface area contributed by atoms with Gasteiger partial charge in [-0.05, 0) is 31.2 Å². The van der Waals surface area contributed by atoms with Gasteiger partial charge in [0, 0.05) is 28.9 Å². The highest BCUT2D eigenvalue weighted by atomic mass is 79.9. The van der Waals surface area contributed by atoms with Crippen LogP contribution in [0.15, 0.2) is 43.6 Å². The first-order valence-corrected chi connectivity index (χ1v) is 10.3. The van der Waals surface area contributed by atoms with Crippen LogP contribution in [0.3, 0.4) is 0 Å². The Labute approximate surface area is 156 Å². The van der Waals surface area contributed by atoms with E-state index in [4.69, 9.17) is 0 Å². The quantitative estimate of drug-likeness (QED) is 0.587. The van der Waals surface area contributed by atoms with Crippen molar-refractivity contribution in [2.75, 3.05) is 16.8 Å². The number of amides is 1. The van der Waals surface area contributed by atoms with Gasteiger partial charge in [-0.15, -0.1) is 11.8 Å². The van der Waals surface area contributed by atoms with Crippen molar-refractivity contribution in [3.63, 3.8) is 0 Å². The standard InChI is InChI=1S/C16H16BrN3O2S2/c1-2-20-15(22)14-12(7-8-23-14)19-16(20)24-9-13(21)18-11-5-3-10(17)4-6-11/h3-6H,2,7-9H2,1H3,(H,18,21). The number of carbonyl (C=O) groups excluding carboxylic acids is 1. The maximum Gasteiger partial charge on any atom is 0.268 e. The summed E-state index contributed by atoms with van der Waals surface area (Å²) in [4.78, 5) is 29.9. The van der Waals surface area contributed by atoms with Gasteiger partial charge in [-0.25, -0.2) is 4.98 Å². The SMILES string of the molecule is CCn1c(SCC(=O)Nc2ccc(Br)cc2)nc2c(c1=O)SCC2. The van der Waals surface area contributed by atoms with Gasteiger partial charge in [0.1, 0.15) is 0 Å². The van der Waals surface area contributed by atoms with Gasteiger partial charge in [0.15, 0.2) is 5.16 Å². The first-order valence-electron chi connectivity index (χ1n) is 7.53. The third kappa shape index (κ3) is 3.87. The first-order chi connectivity index (χ1) is 11.6. The zero-order valence-corrected chi connectivity index (χ0v) is 16.3. The number of halogens is 1. The molecule has 3 rings (SSSR count). The van der Waals surface area contributed by atoms with E-state index in [1.54, 1.807) is 16.3 Å². The average molecular weight is 426 g/mol. The maximum atomic E-state index is 12.5. The largest absolute Gasteiger partial charge is 0.325 e. The number of carbonyl (C=O) groups is 1. The van der Waals surface area contributed by atoms with Gasteiger partial charge in [0.05, 0.1) is 16.3 Å². The van der Waals surface area contributed by atoms with E-state index in [-0.39, 0.29) is 17.2 Å². The predicted molar refractivity (Wildman–Crippen MR) is 102 cm³/mol. The topological polar surface area (TPSA) is 64.0 Å². The number of fused-ring (bicyclic) bond motifs is 1. The van der Waals surface area contributed by atoms with Gasteiger partial charge in [-0.2, -0.15) is 0 Å².